The Morgan fingerprint density at radius 1 is 1.62 bits per heavy atom. The molecule has 0 bridgehead atoms. The van der Waals surface area contributed by atoms with Gasteiger partial charge in [0.15, 0.2) is 0 Å². The van der Waals surface area contributed by atoms with Gasteiger partial charge in [-0.2, -0.15) is 0 Å². The van der Waals surface area contributed by atoms with Crippen LogP contribution in [0.15, 0.2) is 23.8 Å². The fourth-order valence-electron chi connectivity index (χ4n) is 0.741. The summed E-state index contributed by atoms with van der Waals surface area (Å²) in [4.78, 5) is 0. The van der Waals surface area contributed by atoms with Gasteiger partial charge in [0.2, 0.25) is 0 Å². The zero-order valence-corrected chi connectivity index (χ0v) is 4.72. The molecule has 1 nitrogen and oxygen atoms in total. The van der Waals surface area contributed by atoms with Crippen molar-refractivity contribution in [2.75, 3.05) is 0 Å². The highest BCUT2D eigenvalue weighted by molar-refractivity contribution is 5.76. The van der Waals surface area contributed by atoms with Crippen LogP contribution >= 0.6 is 0 Å². The number of rotatable bonds is 1. The van der Waals surface area contributed by atoms with Crippen LogP contribution in [-0.2, 0) is 0 Å². The Hall–Kier alpha value is -0.850. The van der Waals surface area contributed by atoms with Gasteiger partial charge in [-0.25, -0.2) is 0 Å². The summed E-state index contributed by atoms with van der Waals surface area (Å²) in [5.74, 6) is 0. The fourth-order valence-corrected chi connectivity index (χ4v) is 0.741. The minimum atomic E-state index is 1.04. The number of allylic oxidation sites excluding steroid dienone is 4. The highest BCUT2D eigenvalue weighted by Gasteiger charge is 1.92. The highest BCUT2D eigenvalue weighted by Crippen LogP contribution is 2.07. The monoisotopic (exact) mass is 107 g/mol. The zero-order valence-electron chi connectivity index (χ0n) is 4.72. The second-order valence-corrected chi connectivity index (χ2v) is 1.85. The molecule has 0 unspecified atom stereocenters. The molecule has 1 aliphatic carbocycles. The third-order valence-electron chi connectivity index (χ3n) is 1.23. The van der Waals surface area contributed by atoms with Crippen molar-refractivity contribution in [3.63, 3.8) is 0 Å². The SMILES string of the molecule is N=CC1=CC=CCC1. The zero-order chi connectivity index (χ0) is 5.82. The molecule has 0 aromatic carbocycles. The van der Waals surface area contributed by atoms with Crippen molar-refractivity contribution in [2.24, 2.45) is 0 Å². The van der Waals surface area contributed by atoms with Gasteiger partial charge in [-0.1, -0.05) is 18.2 Å². The molecule has 0 fully saturated rings. The lowest BCUT2D eigenvalue weighted by Crippen LogP contribution is -1.85. The molecule has 1 N–H and O–H groups in total. The summed E-state index contributed by atoms with van der Waals surface area (Å²) >= 11 is 0. The molecule has 0 atom stereocenters. The Bertz CT molecular complexity index is 142. The molecule has 0 spiro atoms. The average molecular weight is 107 g/mol. The fraction of sp³-hybridized carbons (Fsp3) is 0.286. The van der Waals surface area contributed by atoms with Crippen LogP contribution < -0.4 is 0 Å². The van der Waals surface area contributed by atoms with Crippen molar-refractivity contribution in [2.45, 2.75) is 12.8 Å². The average Bonchev–Trinajstić information content (AvgIpc) is 1.90. The van der Waals surface area contributed by atoms with Gasteiger partial charge in [-0.05, 0) is 18.4 Å². The lowest BCUT2D eigenvalue weighted by atomic mass is 10.1. The summed E-state index contributed by atoms with van der Waals surface area (Å²) < 4.78 is 0. The molecular weight excluding hydrogens is 98.1 g/mol. The molecule has 0 amide bonds. The second-order valence-electron chi connectivity index (χ2n) is 1.85. The summed E-state index contributed by atoms with van der Waals surface area (Å²) in [6.45, 7) is 0. The Kier molecular flexibility index (Phi) is 1.62. The summed E-state index contributed by atoms with van der Waals surface area (Å²) in [5.41, 5.74) is 1.13. The predicted octanol–water partition coefficient (Wildman–Crippen LogP) is 1.91. The lowest BCUT2D eigenvalue weighted by molar-refractivity contribution is 1.01. The largest absolute Gasteiger partial charge is 0.308 e. The number of hydrogen-bond acceptors (Lipinski definition) is 1. The van der Waals surface area contributed by atoms with E-state index in [1.54, 1.807) is 0 Å². The van der Waals surface area contributed by atoms with Crippen molar-refractivity contribution >= 4 is 6.21 Å². The van der Waals surface area contributed by atoms with E-state index in [0.717, 1.165) is 18.4 Å². The van der Waals surface area contributed by atoms with Crippen molar-refractivity contribution in [3.05, 3.63) is 23.8 Å². The third-order valence-corrected chi connectivity index (χ3v) is 1.23. The van der Waals surface area contributed by atoms with Gasteiger partial charge in [0.25, 0.3) is 0 Å². The number of hydrogen-bond donors (Lipinski definition) is 1. The Labute approximate surface area is 49.2 Å². The van der Waals surface area contributed by atoms with Gasteiger partial charge < -0.3 is 5.41 Å². The van der Waals surface area contributed by atoms with Gasteiger partial charge >= 0.3 is 0 Å². The molecule has 1 rings (SSSR count). The standard InChI is InChI=1S/C7H9N/c8-6-7-4-2-1-3-5-7/h1-2,4,6,8H,3,5H2. The summed E-state index contributed by atoms with van der Waals surface area (Å²) in [6.07, 6.45) is 9.66. The van der Waals surface area contributed by atoms with E-state index in [1.807, 2.05) is 12.2 Å². The van der Waals surface area contributed by atoms with Crippen LogP contribution in [-0.4, -0.2) is 6.21 Å². The molecule has 0 saturated carbocycles. The van der Waals surface area contributed by atoms with E-state index in [-0.39, 0.29) is 0 Å². The molecule has 0 aromatic heterocycles. The van der Waals surface area contributed by atoms with E-state index in [0.29, 0.717) is 0 Å². The van der Waals surface area contributed by atoms with Crippen LogP contribution in [0.4, 0.5) is 0 Å². The molecule has 1 aliphatic rings. The van der Waals surface area contributed by atoms with E-state index >= 15 is 0 Å². The van der Waals surface area contributed by atoms with Gasteiger partial charge in [0, 0.05) is 6.21 Å². The first-order valence-electron chi connectivity index (χ1n) is 2.79. The molecule has 0 heterocycles. The Balaban J connectivity index is 2.63. The highest BCUT2D eigenvalue weighted by atomic mass is 14.3. The topological polar surface area (TPSA) is 23.9 Å². The lowest BCUT2D eigenvalue weighted by Gasteiger charge is -1.99. The summed E-state index contributed by atoms with van der Waals surface area (Å²) in [7, 11) is 0. The van der Waals surface area contributed by atoms with Crippen LogP contribution in [0.1, 0.15) is 12.8 Å². The quantitative estimate of drug-likeness (QED) is 0.495. The summed E-state index contributed by atoms with van der Waals surface area (Å²) in [6, 6.07) is 0. The van der Waals surface area contributed by atoms with Gasteiger partial charge in [-0.15, -0.1) is 0 Å². The molecule has 0 aromatic rings. The molecule has 1 heteroatoms. The smallest absolute Gasteiger partial charge is 0.0209 e. The van der Waals surface area contributed by atoms with E-state index < -0.39 is 0 Å². The van der Waals surface area contributed by atoms with E-state index in [1.165, 1.54) is 6.21 Å². The first-order valence-corrected chi connectivity index (χ1v) is 2.79. The molecular formula is C7H9N. The Morgan fingerprint density at radius 2 is 2.50 bits per heavy atom. The van der Waals surface area contributed by atoms with Crippen LogP contribution in [0.25, 0.3) is 0 Å². The van der Waals surface area contributed by atoms with Gasteiger partial charge in [0.05, 0.1) is 0 Å². The normalized spacial score (nSPS) is 17.8. The van der Waals surface area contributed by atoms with E-state index in [4.69, 9.17) is 5.41 Å². The minimum absolute atomic E-state index is 1.04. The molecule has 0 aliphatic heterocycles. The van der Waals surface area contributed by atoms with Crippen molar-refractivity contribution < 1.29 is 0 Å². The van der Waals surface area contributed by atoms with Crippen LogP contribution in [0, 0.1) is 5.41 Å². The van der Waals surface area contributed by atoms with Crippen LogP contribution in [0.2, 0.25) is 0 Å². The first-order chi connectivity index (χ1) is 3.93. The predicted molar refractivity (Wildman–Crippen MR) is 35.2 cm³/mol. The Morgan fingerprint density at radius 3 is 2.88 bits per heavy atom. The maximum atomic E-state index is 6.87. The molecule has 0 radical (unpaired) electrons. The van der Waals surface area contributed by atoms with Crippen LogP contribution in [0.5, 0.6) is 0 Å². The maximum Gasteiger partial charge on any atom is 0.0209 e. The van der Waals surface area contributed by atoms with E-state index in [9.17, 15) is 0 Å². The van der Waals surface area contributed by atoms with Crippen molar-refractivity contribution in [3.8, 4) is 0 Å². The van der Waals surface area contributed by atoms with E-state index in [2.05, 4.69) is 6.08 Å². The van der Waals surface area contributed by atoms with Gasteiger partial charge in [0.1, 0.15) is 0 Å². The second kappa shape index (κ2) is 2.46. The summed E-state index contributed by atoms with van der Waals surface area (Å²) in [5, 5.41) is 6.87. The molecule has 8 heavy (non-hydrogen) atoms. The third kappa shape index (κ3) is 1.06. The van der Waals surface area contributed by atoms with Gasteiger partial charge in [-0.3, -0.25) is 0 Å². The molecule has 0 saturated heterocycles. The number of nitrogens with one attached hydrogen (secondary N) is 1. The van der Waals surface area contributed by atoms with Crippen molar-refractivity contribution in [1.82, 2.24) is 0 Å². The minimum Gasteiger partial charge on any atom is -0.308 e. The molecule has 42 valence electrons. The van der Waals surface area contributed by atoms with Crippen molar-refractivity contribution in [1.29, 1.82) is 5.41 Å². The maximum absolute atomic E-state index is 6.87. The van der Waals surface area contributed by atoms with Crippen LogP contribution in [0.3, 0.4) is 0 Å². The first kappa shape index (κ1) is 5.29.